The first kappa shape index (κ1) is 10.9. The van der Waals surface area contributed by atoms with Gasteiger partial charge in [0.25, 0.3) is 0 Å². The summed E-state index contributed by atoms with van der Waals surface area (Å²) in [6.07, 6.45) is 0. The molecule has 0 amide bonds. The Morgan fingerprint density at radius 3 is 1.50 bits per heavy atom. The molecule has 0 spiro atoms. The second-order valence-electron chi connectivity index (χ2n) is 3.23. The number of carboxylic acids is 2. The summed E-state index contributed by atoms with van der Waals surface area (Å²) in [6, 6.07) is 0. The normalized spacial score (nSPS) is 15.7. The lowest BCUT2D eigenvalue weighted by molar-refractivity contribution is -0.154. The Kier molecular flexibility index (Phi) is 3.73. The van der Waals surface area contributed by atoms with Crippen LogP contribution in [0.3, 0.4) is 0 Å². The molecule has 0 aliphatic heterocycles. The van der Waals surface area contributed by atoms with E-state index >= 15 is 0 Å². The van der Waals surface area contributed by atoms with Crippen LogP contribution in [-0.4, -0.2) is 22.2 Å². The Hall–Kier alpha value is -1.06. The van der Waals surface area contributed by atoms with Crippen LogP contribution in [0.5, 0.6) is 0 Å². The molecule has 0 saturated heterocycles. The third kappa shape index (κ3) is 2.53. The minimum Gasteiger partial charge on any atom is -0.481 e. The van der Waals surface area contributed by atoms with Crippen molar-refractivity contribution in [3.05, 3.63) is 0 Å². The Morgan fingerprint density at radius 1 is 1.00 bits per heavy atom. The van der Waals surface area contributed by atoms with E-state index in [1.807, 2.05) is 0 Å². The average Bonchev–Trinajstić information content (AvgIpc) is 1.85. The van der Waals surface area contributed by atoms with Gasteiger partial charge in [-0.15, -0.1) is 0 Å². The summed E-state index contributed by atoms with van der Waals surface area (Å²) in [7, 11) is 0. The minimum absolute atomic E-state index is 0.159. The van der Waals surface area contributed by atoms with Gasteiger partial charge in [-0.1, -0.05) is 20.8 Å². The first-order valence-electron chi connectivity index (χ1n) is 3.83. The second kappa shape index (κ2) is 4.09. The highest BCUT2D eigenvalue weighted by atomic mass is 16.4. The fourth-order valence-electron chi connectivity index (χ4n) is 1.23. The number of carbonyl (C=O) groups is 2. The molecule has 0 aliphatic rings. The van der Waals surface area contributed by atoms with E-state index in [1.165, 1.54) is 6.92 Å². The van der Waals surface area contributed by atoms with Gasteiger partial charge in [0.15, 0.2) is 0 Å². The van der Waals surface area contributed by atoms with Crippen LogP contribution in [0.1, 0.15) is 20.8 Å². The summed E-state index contributed by atoms with van der Waals surface area (Å²) in [5.41, 5.74) is 0. The van der Waals surface area contributed by atoms with E-state index in [2.05, 4.69) is 0 Å². The Balaban J connectivity index is 4.51. The van der Waals surface area contributed by atoms with Crippen LogP contribution in [0.15, 0.2) is 0 Å². The maximum absolute atomic E-state index is 10.6. The van der Waals surface area contributed by atoms with Gasteiger partial charge in [-0.3, -0.25) is 9.59 Å². The molecule has 0 rings (SSSR count). The minimum atomic E-state index is -1.06. The van der Waals surface area contributed by atoms with Crippen molar-refractivity contribution in [1.82, 2.24) is 0 Å². The summed E-state index contributed by atoms with van der Waals surface area (Å²) in [5.74, 6) is -3.89. The molecule has 70 valence electrons. The molecule has 0 bridgehead atoms. The number of hydrogen-bond acceptors (Lipinski definition) is 2. The van der Waals surface area contributed by atoms with E-state index in [1.54, 1.807) is 13.8 Å². The fourth-order valence-corrected chi connectivity index (χ4v) is 1.23. The van der Waals surface area contributed by atoms with Crippen LogP contribution in [0, 0.1) is 17.8 Å². The fraction of sp³-hybridized carbons (Fsp3) is 0.750. The molecule has 4 nitrogen and oxygen atoms in total. The maximum Gasteiger partial charge on any atom is 0.307 e. The average molecular weight is 174 g/mol. The number of aliphatic carboxylic acids is 2. The van der Waals surface area contributed by atoms with E-state index in [0.29, 0.717) is 0 Å². The first-order valence-corrected chi connectivity index (χ1v) is 3.83. The van der Waals surface area contributed by atoms with E-state index in [-0.39, 0.29) is 5.92 Å². The molecule has 0 aromatic rings. The molecule has 0 saturated carbocycles. The van der Waals surface area contributed by atoms with Crippen molar-refractivity contribution in [2.75, 3.05) is 0 Å². The SMILES string of the molecule is CC(C)[C@H](C(=O)O)[C@H](C)C(=O)O. The molecular formula is C8H14O4. The van der Waals surface area contributed by atoms with Crippen LogP contribution < -0.4 is 0 Å². The van der Waals surface area contributed by atoms with Gasteiger partial charge in [0.2, 0.25) is 0 Å². The molecule has 4 heteroatoms. The molecule has 0 aliphatic carbocycles. The van der Waals surface area contributed by atoms with Crippen LogP contribution >= 0.6 is 0 Å². The molecule has 0 radical (unpaired) electrons. The summed E-state index contributed by atoms with van der Waals surface area (Å²) in [4.78, 5) is 21.1. The van der Waals surface area contributed by atoms with Crippen molar-refractivity contribution in [3.63, 3.8) is 0 Å². The monoisotopic (exact) mass is 174 g/mol. The topological polar surface area (TPSA) is 74.6 Å². The number of hydrogen-bond donors (Lipinski definition) is 2. The quantitative estimate of drug-likeness (QED) is 0.668. The molecule has 0 aromatic heterocycles. The second-order valence-corrected chi connectivity index (χ2v) is 3.23. The zero-order valence-corrected chi connectivity index (χ0v) is 7.44. The lowest BCUT2D eigenvalue weighted by Gasteiger charge is -2.19. The number of rotatable bonds is 4. The highest BCUT2D eigenvalue weighted by Crippen LogP contribution is 2.21. The van der Waals surface area contributed by atoms with Gasteiger partial charge in [0.1, 0.15) is 0 Å². The van der Waals surface area contributed by atoms with Gasteiger partial charge in [-0.05, 0) is 5.92 Å². The van der Waals surface area contributed by atoms with Gasteiger partial charge < -0.3 is 10.2 Å². The van der Waals surface area contributed by atoms with E-state index in [0.717, 1.165) is 0 Å². The van der Waals surface area contributed by atoms with Crippen molar-refractivity contribution < 1.29 is 19.8 Å². The van der Waals surface area contributed by atoms with Crippen molar-refractivity contribution in [3.8, 4) is 0 Å². The third-order valence-corrected chi connectivity index (χ3v) is 1.93. The molecule has 0 fully saturated rings. The smallest absolute Gasteiger partial charge is 0.307 e. The zero-order valence-electron chi connectivity index (χ0n) is 7.44. The molecule has 0 aromatic carbocycles. The maximum atomic E-state index is 10.6. The summed E-state index contributed by atoms with van der Waals surface area (Å²) in [6.45, 7) is 4.83. The van der Waals surface area contributed by atoms with Gasteiger partial charge >= 0.3 is 11.9 Å². The summed E-state index contributed by atoms with van der Waals surface area (Å²) < 4.78 is 0. The standard InChI is InChI=1S/C8H14O4/c1-4(2)6(8(11)12)5(3)7(9)10/h4-6H,1-3H3,(H,9,10)(H,11,12)/t5-,6-/m0/s1. The highest BCUT2D eigenvalue weighted by Gasteiger charge is 2.32. The predicted octanol–water partition coefficient (Wildman–Crippen LogP) is 1.06. The van der Waals surface area contributed by atoms with Crippen molar-refractivity contribution in [2.24, 2.45) is 17.8 Å². The highest BCUT2D eigenvalue weighted by molar-refractivity contribution is 5.79. The number of carboxylic acid groups (broad SMARTS) is 2. The Bertz CT molecular complexity index is 185. The van der Waals surface area contributed by atoms with Gasteiger partial charge in [0, 0.05) is 0 Å². The summed E-state index contributed by atoms with van der Waals surface area (Å²) in [5, 5.41) is 17.3. The third-order valence-electron chi connectivity index (χ3n) is 1.93. The van der Waals surface area contributed by atoms with E-state index < -0.39 is 23.8 Å². The summed E-state index contributed by atoms with van der Waals surface area (Å²) >= 11 is 0. The predicted molar refractivity (Wildman–Crippen MR) is 42.8 cm³/mol. The van der Waals surface area contributed by atoms with Crippen molar-refractivity contribution in [2.45, 2.75) is 20.8 Å². The molecule has 2 atom stereocenters. The van der Waals surface area contributed by atoms with Crippen LogP contribution in [0.25, 0.3) is 0 Å². The zero-order chi connectivity index (χ0) is 9.89. The van der Waals surface area contributed by atoms with Crippen molar-refractivity contribution in [1.29, 1.82) is 0 Å². The van der Waals surface area contributed by atoms with E-state index in [9.17, 15) is 9.59 Å². The van der Waals surface area contributed by atoms with Crippen LogP contribution in [0.2, 0.25) is 0 Å². The molecule has 2 N–H and O–H groups in total. The lowest BCUT2D eigenvalue weighted by atomic mass is 9.85. The molecule has 12 heavy (non-hydrogen) atoms. The van der Waals surface area contributed by atoms with Crippen molar-refractivity contribution >= 4 is 11.9 Å². The lowest BCUT2D eigenvalue weighted by Crippen LogP contribution is -2.31. The molecular weight excluding hydrogens is 160 g/mol. The van der Waals surface area contributed by atoms with Gasteiger partial charge in [-0.2, -0.15) is 0 Å². The van der Waals surface area contributed by atoms with Crippen LogP contribution in [0.4, 0.5) is 0 Å². The van der Waals surface area contributed by atoms with Gasteiger partial charge in [-0.25, -0.2) is 0 Å². The van der Waals surface area contributed by atoms with Crippen LogP contribution in [-0.2, 0) is 9.59 Å². The molecule has 0 unspecified atom stereocenters. The van der Waals surface area contributed by atoms with Gasteiger partial charge in [0.05, 0.1) is 11.8 Å². The molecule has 0 heterocycles. The first-order chi connectivity index (χ1) is 5.37. The van der Waals surface area contributed by atoms with E-state index in [4.69, 9.17) is 10.2 Å². The Morgan fingerprint density at radius 2 is 1.42 bits per heavy atom. The Labute approximate surface area is 71.2 Å². The largest absolute Gasteiger partial charge is 0.481 e.